The zero-order chi connectivity index (χ0) is 70.4. The summed E-state index contributed by atoms with van der Waals surface area (Å²) in [6.07, 6.45) is 43.5. The lowest BCUT2D eigenvalue weighted by atomic mass is 9.96. The minimum absolute atomic E-state index is 0.250. The van der Waals surface area contributed by atoms with Crippen molar-refractivity contribution in [2.24, 2.45) is 0 Å². The summed E-state index contributed by atoms with van der Waals surface area (Å²) in [5.74, 6) is -0.267. The fraction of sp³-hybridized carbons (Fsp3) is 0.962. The standard InChI is InChI=1S/C78H149NO18/c1-3-5-7-9-11-13-15-17-19-21-23-24-25-26-27-28-29-30-31-32-33-34-35-36-38-39-41-43-45-47-49-51-53-55-62(83)61(79-66(84)56-54-52-50-48-46-44-42-40-37-22-20-18-16-14-12-10-8-6-4-2)60-92-76-72(90)69(87)74(64(58-81)94-76)97-78-73(91)70(88)75(65(59-82)95-78)96-77-71(89)68(86)67(85)63(57-80)93-77/h53,55,61-65,67-78,80-83,85-91H,3-52,54,56-60H2,1-2H3,(H,79,84)/b55-53+. The minimum Gasteiger partial charge on any atom is -0.394 e. The highest BCUT2D eigenvalue weighted by Crippen LogP contribution is 2.33. The first-order valence-corrected chi connectivity index (χ1v) is 40.4. The Labute approximate surface area is 588 Å². The molecule has 0 aliphatic carbocycles. The van der Waals surface area contributed by atoms with Gasteiger partial charge in [-0.3, -0.25) is 4.79 Å². The number of unbranched alkanes of at least 4 members (excludes halogenated alkanes) is 49. The van der Waals surface area contributed by atoms with Crippen LogP contribution in [0.5, 0.6) is 0 Å². The molecular formula is C78H149NO18. The van der Waals surface area contributed by atoms with Crippen molar-refractivity contribution < 1.29 is 89.4 Å². The van der Waals surface area contributed by atoms with Crippen molar-refractivity contribution in [3.05, 3.63) is 12.2 Å². The third kappa shape index (κ3) is 40.4. The molecule has 3 saturated heterocycles. The van der Waals surface area contributed by atoms with Gasteiger partial charge in [0.15, 0.2) is 18.9 Å². The number of nitrogens with one attached hydrogen (secondary N) is 1. The number of aliphatic hydroxyl groups is 11. The van der Waals surface area contributed by atoms with Crippen LogP contribution in [-0.2, 0) is 33.2 Å². The van der Waals surface area contributed by atoms with Gasteiger partial charge in [0.05, 0.1) is 38.6 Å². The number of aliphatic hydroxyl groups excluding tert-OH is 11. The molecule has 19 nitrogen and oxygen atoms in total. The zero-order valence-corrected chi connectivity index (χ0v) is 61.3. The highest BCUT2D eigenvalue weighted by atomic mass is 16.8. The van der Waals surface area contributed by atoms with Crippen molar-refractivity contribution in [1.29, 1.82) is 0 Å². The molecule has 19 heteroatoms. The Bertz CT molecular complexity index is 1800. The molecule has 0 bridgehead atoms. The molecule has 17 unspecified atom stereocenters. The predicted molar refractivity (Wildman–Crippen MR) is 383 cm³/mol. The monoisotopic (exact) mass is 1390 g/mol. The van der Waals surface area contributed by atoms with Gasteiger partial charge in [-0.05, 0) is 19.3 Å². The van der Waals surface area contributed by atoms with E-state index in [9.17, 15) is 61.0 Å². The third-order valence-electron chi connectivity index (χ3n) is 20.6. The second-order valence-corrected chi connectivity index (χ2v) is 29.2. The smallest absolute Gasteiger partial charge is 0.220 e. The van der Waals surface area contributed by atoms with Gasteiger partial charge in [-0.15, -0.1) is 0 Å². The molecule has 3 aliphatic rings. The topological polar surface area (TPSA) is 307 Å². The van der Waals surface area contributed by atoms with Crippen LogP contribution in [0.3, 0.4) is 0 Å². The molecule has 3 aliphatic heterocycles. The Morgan fingerprint density at radius 1 is 0.361 bits per heavy atom. The molecule has 3 fully saturated rings. The molecule has 12 N–H and O–H groups in total. The van der Waals surface area contributed by atoms with E-state index in [0.717, 1.165) is 44.9 Å². The Kier molecular flexibility index (Phi) is 55.4. The number of amides is 1. The molecule has 97 heavy (non-hydrogen) atoms. The fourth-order valence-electron chi connectivity index (χ4n) is 14.1. The van der Waals surface area contributed by atoms with Gasteiger partial charge in [-0.1, -0.05) is 334 Å². The maximum absolute atomic E-state index is 13.4. The van der Waals surface area contributed by atoms with Crippen LogP contribution < -0.4 is 5.32 Å². The number of ether oxygens (including phenoxy) is 6. The van der Waals surface area contributed by atoms with Crippen molar-refractivity contribution in [1.82, 2.24) is 5.32 Å². The number of carbonyl (C=O) groups excluding carboxylic acids is 1. The van der Waals surface area contributed by atoms with Crippen LogP contribution in [0.2, 0.25) is 0 Å². The van der Waals surface area contributed by atoms with Gasteiger partial charge in [-0.2, -0.15) is 0 Å². The van der Waals surface area contributed by atoms with Crippen LogP contribution in [0.15, 0.2) is 12.2 Å². The molecule has 3 heterocycles. The molecule has 0 aromatic heterocycles. The number of allylic oxidation sites excluding steroid dienone is 1. The predicted octanol–water partition coefficient (Wildman–Crippen LogP) is 13.2. The van der Waals surface area contributed by atoms with Crippen LogP contribution in [0.25, 0.3) is 0 Å². The molecule has 0 aromatic rings. The average molecular weight is 1390 g/mol. The van der Waals surface area contributed by atoms with E-state index in [0.29, 0.717) is 6.42 Å². The average Bonchev–Trinajstić information content (AvgIpc) is 0.792. The van der Waals surface area contributed by atoms with Crippen molar-refractivity contribution in [2.75, 3.05) is 26.4 Å². The summed E-state index contributed by atoms with van der Waals surface area (Å²) < 4.78 is 34.5. The summed E-state index contributed by atoms with van der Waals surface area (Å²) in [5.41, 5.74) is 0. The summed E-state index contributed by atoms with van der Waals surface area (Å²) >= 11 is 0. The maximum atomic E-state index is 13.4. The Morgan fingerprint density at radius 3 is 0.969 bits per heavy atom. The van der Waals surface area contributed by atoms with Crippen molar-refractivity contribution in [3.8, 4) is 0 Å². The lowest BCUT2D eigenvalue weighted by molar-refractivity contribution is -0.379. The largest absolute Gasteiger partial charge is 0.394 e. The van der Waals surface area contributed by atoms with Crippen LogP contribution in [0.4, 0.5) is 0 Å². The van der Waals surface area contributed by atoms with Gasteiger partial charge in [0.25, 0.3) is 0 Å². The Hall–Kier alpha value is -1.47. The molecule has 0 aromatic carbocycles. The highest BCUT2D eigenvalue weighted by Gasteiger charge is 2.54. The number of carbonyl (C=O) groups is 1. The quantitative estimate of drug-likeness (QED) is 0.0199. The molecule has 3 rings (SSSR count). The maximum Gasteiger partial charge on any atom is 0.220 e. The summed E-state index contributed by atoms with van der Waals surface area (Å²) in [4.78, 5) is 13.4. The molecule has 574 valence electrons. The van der Waals surface area contributed by atoms with E-state index in [1.165, 1.54) is 276 Å². The lowest BCUT2D eigenvalue weighted by Crippen LogP contribution is -2.66. The van der Waals surface area contributed by atoms with E-state index in [4.69, 9.17) is 28.4 Å². The van der Waals surface area contributed by atoms with Crippen LogP contribution in [0, 0.1) is 0 Å². The first-order valence-electron chi connectivity index (χ1n) is 40.4. The van der Waals surface area contributed by atoms with E-state index >= 15 is 0 Å². The fourth-order valence-corrected chi connectivity index (χ4v) is 14.1. The summed E-state index contributed by atoms with van der Waals surface area (Å²) in [7, 11) is 0. The van der Waals surface area contributed by atoms with E-state index in [1.54, 1.807) is 6.08 Å². The Balaban J connectivity index is 1.36. The molecule has 0 radical (unpaired) electrons. The van der Waals surface area contributed by atoms with Crippen molar-refractivity contribution in [2.45, 2.75) is 452 Å². The SMILES string of the molecule is CCCCCCCCCCCCCCCCCCCCCCCCCCCCCCCCC/C=C/C(O)C(COC1OC(CO)C(OC2OC(CO)C(OC3OC(CO)C(O)C(O)C3O)C(O)C2O)C(O)C1O)NC(=O)CCCCCCCCCCCCCCCCCCCCC. The summed E-state index contributed by atoms with van der Waals surface area (Å²) in [6, 6.07) is -0.970. The van der Waals surface area contributed by atoms with Gasteiger partial charge >= 0.3 is 0 Å². The summed E-state index contributed by atoms with van der Waals surface area (Å²) in [5, 5.41) is 121. The van der Waals surface area contributed by atoms with Crippen molar-refractivity contribution in [3.63, 3.8) is 0 Å². The van der Waals surface area contributed by atoms with E-state index in [1.807, 2.05) is 6.08 Å². The Morgan fingerprint density at radius 2 is 0.639 bits per heavy atom. The highest BCUT2D eigenvalue weighted by molar-refractivity contribution is 5.76. The van der Waals surface area contributed by atoms with Gasteiger partial charge in [0.1, 0.15) is 73.2 Å². The van der Waals surface area contributed by atoms with Crippen LogP contribution in [-0.4, -0.2) is 193 Å². The first-order chi connectivity index (χ1) is 47.3. The van der Waals surface area contributed by atoms with Crippen LogP contribution in [0.1, 0.15) is 348 Å². The number of rotatable bonds is 65. The van der Waals surface area contributed by atoms with Gasteiger partial charge in [0.2, 0.25) is 5.91 Å². The molecule has 0 saturated carbocycles. The second-order valence-electron chi connectivity index (χ2n) is 29.2. The van der Waals surface area contributed by atoms with Gasteiger partial charge in [-0.25, -0.2) is 0 Å². The normalized spacial score (nSPS) is 26.9. The van der Waals surface area contributed by atoms with Gasteiger partial charge < -0.3 is 89.9 Å². The van der Waals surface area contributed by atoms with Crippen LogP contribution >= 0.6 is 0 Å². The molecule has 1 amide bonds. The van der Waals surface area contributed by atoms with E-state index in [2.05, 4.69) is 19.2 Å². The molecular weight excluding hydrogens is 1240 g/mol. The summed E-state index contributed by atoms with van der Waals surface area (Å²) in [6.45, 7) is 1.80. The minimum atomic E-state index is -1.98. The van der Waals surface area contributed by atoms with E-state index in [-0.39, 0.29) is 18.9 Å². The first kappa shape index (κ1) is 89.7. The third-order valence-corrected chi connectivity index (χ3v) is 20.6. The zero-order valence-electron chi connectivity index (χ0n) is 61.3. The lowest BCUT2D eigenvalue weighted by Gasteiger charge is -2.48. The van der Waals surface area contributed by atoms with Crippen molar-refractivity contribution >= 4 is 5.91 Å². The van der Waals surface area contributed by atoms with E-state index < -0.39 is 124 Å². The van der Waals surface area contributed by atoms with Gasteiger partial charge in [0, 0.05) is 6.42 Å². The number of hydrogen-bond donors (Lipinski definition) is 12. The second kappa shape index (κ2) is 59.9. The number of hydrogen-bond acceptors (Lipinski definition) is 18. The molecule has 0 spiro atoms. The molecule has 17 atom stereocenters.